The molecule has 0 aliphatic carbocycles. The molecule has 0 aliphatic rings. The van der Waals surface area contributed by atoms with E-state index in [0.29, 0.717) is 5.56 Å². The summed E-state index contributed by atoms with van der Waals surface area (Å²) in [4.78, 5) is 21.8. The Bertz CT molecular complexity index is 479. The minimum Gasteiger partial charge on any atom is -0.504 e. The van der Waals surface area contributed by atoms with Gasteiger partial charge in [-0.15, -0.1) is 0 Å². The molecular weight excluding hydrogens is 240 g/mol. The van der Waals surface area contributed by atoms with E-state index in [-0.39, 0.29) is 17.9 Å². The molecule has 1 aromatic rings. The normalized spacial score (nSPS) is 11.6. The second-order valence-electron chi connectivity index (χ2n) is 3.50. The molecule has 1 aromatic carbocycles. The molecule has 0 radical (unpaired) electrons. The number of phenols is 2. The van der Waals surface area contributed by atoms with E-state index in [1.807, 2.05) is 0 Å². The molecular formula is C12H12O6. The van der Waals surface area contributed by atoms with E-state index in [1.54, 1.807) is 0 Å². The number of carbonyl (C=O) groups is 2. The van der Waals surface area contributed by atoms with Crippen LogP contribution in [0.4, 0.5) is 0 Å². The molecule has 3 N–H and O–H groups in total. The Hall–Kier alpha value is -2.50. The van der Waals surface area contributed by atoms with E-state index >= 15 is 0 Å². The van der Waals surface area contributed by atoms with Crippen LogP contribution in [0.2, 0.25) is 0 Å². The number of aliphatic carboxylic acids is 1. The maximum absolute atomic E-state index is 10.9. The van der Waals surface area contributed by atoms with Gasteiger partial charge < -0.3 is 20.1 Å². The lowest BCUT2D eigenvalue weighted by atomic mass is 10.1. The number of benzene rings is 1. The third-order valence-electron chi connectivity index (χ3n) is 2.16. The van der Waals surface area contributed by atoms with Gasteiger partial charge in [-0.25, -0.2) is 9.59 Å². The fraction of sp³-hybridized carbons (Fsp3) is 0.167. The van der Waals surface area contributed by atoms with Crippen LogP contribution in [0.5, 0.6) is 11.5 Å². The fourth-order valence-corrected chi connectivity index (χ4v) is 1.28. The molecule has 0 amide bonds. The van der Waals surface area contributed by atoms with Crippen LogP contribution < -0.4 is 0 Å². The van der Waals surface area contributed by atoms with Crippen LogP contribution in [-0.2, 0) is 20.7 Å². The molecule has 0 fully saturated rings. The van der Waals surface area contributed by atoms with Gasteiger partial charge in [0.05, 0.1) is 0 Å². The number of rotatable bonds is 5. The van der Waals surface area contributed by atoms with Gasteiger partial charge in [0.25, 0.3) is 0 Å². The Morgan fingerprint density at radius 2 is 2.00 bits per heavy atom. The maximum atomic E-state index is 10.9. The number of carbonyl (C=O) groups excluding carboxylic acids is 1. The highest BCUT2D eigenvalue weighted by Gasteiger charge is 2.22. The van der Waals surface area contributed by atoms with Crippen LogP contribution >= 0.6 is 0 Å². The molecule has 6 nitrogen and oxygen atoms in total. The predicted octanol–water partition coefficient (Wildman–Crippen LogP) is 0.823. The molecule has 6 heteroatoms. The summed E-state index contributed by atoms with van der Waals surface area (Å²) in [5, 5.41) is 27.2. The zero-order chi connectivity index (χ0) is 13.7. The van der Waals surface area contributed by atoms with E-state index in [0.717, 1.165) is 6.08 Å². The first-order valence-corrected chi connectivity index (χ1v) is 5.00. The molecule has 1 atom stereocenters. The monoisotopic (exact) mass is 252 g/mol. The molecule has 0 bridgehead atoms. The van der Waals surface area contributed by atoms with Crippen LogP contribution in [0.3, 0.4) is 0 Å². The van der Waals surface area contributed by atoms with E-state index in [2.05, 4.69) is 11.3 Å². The summed E-state index contributed by atoms with van der Waals surface area (Å²) < 4.78 is 4.63. The van der Waals surface area contributed by atoms with Gasteiger partial charge in [0.15, 0.2) is 11.5 Å². The van der Waals surface area contributed by atoms with Crippen molar-refractivity contribution in [2.45, 2.75) is 12.5 Å². The third kappa shape index (κ3) is 3.51. The first-order chi connectivity index (χ1) is 8.43. The van der Waals surface area contributed by atoms with Crippen molar-refractivity contribution in [2.75, 3.05) is 0 Å². The standard InChI is InChI=1S/C12H12O6/c1-2-11(15)18-10(12(16)17)6-7-3-4-8(13)9(14)5-7/h2-5,10,13-14H,1,6H2,(H,16,17). The zero-order valence-corrected chi connectivity index (χ0v) is 9.37. The van der Waals surface area contributed by atoms with Gasteiger partial charge in [-0.05, 0) is 17.7 Å². The zero-order valence-electron chi connectivity index (χ0n) is 9.37. The highest BCUT2D eigenvalue weighted by atomic mass is 16.6. The summed E-state index contributed by atoms with van der Waals surface area (Å²) in [6.07, 6.45) is -0.632. The van der Waals surface area contributed by atoms with Crippen molar-refractivity contribution in [3.05, 3.63) is 36.4 Å². The summed E-state index contributed by atoms with van der Waals surface area (Å²) >= 11 is 0. The van der Waals surface area contributed by atoms with Crippen molar-refractivity contribution >= 4 is 11.9 Å². The lowest BCUT2D eigenvalue weighted by Crippen LogP contribution is -2.28. The van der Waals surface area contributed by atoms with Crippen molar-refractivity contribution in [2.24, 2.45) is 0 Å². The van der Waals surface area contributed by atoms with Gasteiger partial charge in [0, 0.05) is 12.5 Å². The van der Waals surface area contributed by atoms with Crippen LogP contribution in [0.1, 0.15) is 5.56 Å². The molecule has 0 heterocycles. The van der Waals surface area contributed by atoms with E-state index < -0.39 is 18.0 Å². The average Bonchev–Trinajstić information content (AvgIpc) is 2.32. The number of hydrogen-bond donors (Lipinski definition) is 3. The average molecular weight is 252 g/mol. The Morgan fingerprint density at radius 3 is 2.50 bits per heavy atom. The van der Waals surface area contributed by atoms with Crippen molar-refractivity contribution in [3.8, 4) is 11.5 Å². The number of hydrogen-bond acceptors (Lipinski definition) is 5. The second kappa shape index (κ2) is 5.72. The molecule has 0 aliphatic heterocycles. The van der Waals surface area contributed by atoms with Gasteiger partial charge in [-0.1, -0.05) is 12.6 Å². The topological polar surface area (TPSA) is 104 Å². The molecule has 0 spiro atoms. The minimum absolute atomic E-state index is 0.122. The first kappa shape index (κ1) is 13.6. The largest absolute Gasteiger partial charge is 0.504 e. The SMILES string of the molecule is C=CC(=O)OC(Cc1ccc(O)c(O)c1)C(=O)O. The van der Waals surface area contributed by atoms with Crippen molar-refractivity contribution in [1.82, 2.24) is 0 Å². The molecule has 1 unspecified atom stereocenters. The Labute approximate surface area is 103 Å². The summed E-state index contributed by atoms with van der Waals surface area (Å²) in [6, 6.07) is 3.85. The summed E-state index contributed by atoms with van der Waals surface area (Å²) in [5.41, 5.74) is 0.412. The van der Waals surface area contributed by atoms with Crippen LogP contribution in [0.25, 0.3) is 0 Å². The lowest BCUT2D eigenvalue weighted by molar-refractivity contribution is -0.160. The van der Waals surface area contributed by atoms with E-state index in [9.17, 15) is 14.7 Å². The number of phenolic OH excluding ortho intramolecular Hbond substituents is 2. The van der Waals surface area contributed by atoms with Gasteiger partial charge in [-0.2, -0.15) is 0 Å². The van der Waals surface area contributed by atoms with Gasteiger partial charge in [-0.3, -0.25) is 0 Å². The molecule has 18 heavy (non-hydrogen) atoms. The lowest BCUT2D eigenvalue weighted by Gasteiger charge is -2.12. The molecule has 0 saturated carbocycles. The number of carboxylic acids is 1. The van der Waals surface area contributed by atoms with Crippen molar-refractivity contribution < 1.29 is 29.6 Å². The summed E-state index contributed by atoms with van der Waals surface area (Å²) in [6.45, 7) is 3.17. The third-order valence-corrected chi connectivity index (χ3v) is 2.16. The maximum Gasteiger partial charge on any atom is 0.345 e. The molecule has 0 saturated heterocycles. The Kier molecular flexibility index (Phi) is 4.31. The van der Waals surface area contributed by atoms with Gasteiger partial charge in [0.2, 0.25) is 6.10 Å². The van der Waals surface area contributed by atoms with Crippen LogP contribution in [0.15, 0.2) is 30.9 Å². The van der Waals surface area contributed by atoms with Crippen LogP contribution in [-0.4, -0.2) is 33.4 Å². The van der Waals surface area contributed by atoms with E-state index in [4.69, 9.17) is 10.2 Å². The van der Waals surface area contributed by atoms with Gasteiger partial charge >= 0.3 is 11.9 Å². The number of ether oxygens (including phenoxy) is 1. The Balaban J connectivity index is 2.83. The molecule has 96 valence electrons. The summed E-state index contributed by atoms with van der Waals surface area (Å²) in [7, 11) is 0. The molecule has 0 aromatic heterocycles. The second-order valence-corrected chi connectivity index (χ2v) is 3.50. The van der Waals surface area contributed by atoms with Gasteiger partial charge in [0.1, 0.15) is 0 Å². The highest BCUT2D eigenvalue weighted by molar-refractivity contribution is 5.84. The quantitative estimate of drug-likeness (QED) is 0.407. The molecule has 1 rings (SSSR count). The number of aromatic hydroxyl groups is 2. The van der Waals surface area contributed by atoms with E-state index in [1.165, 1.54) is 18.2 Å². The predicted molar refractivity (Wildman–Crippen MR) is 61.2 cm³/mol. The Morgan fingerprint density at radius 1 is 1.33 bits per heavy atom. The number of carboxylic acid groups (broad SMARTS) is 1. The van der Waals surface area contributed by atoms with Crippen molar-refractivity contribution in [1.29, 1.82) is 0 Å². The highest BCUT2D eigenvalue weighted by Crippen LogP contribution is 2.25. The van der Waals surface area contributed by atoms with Crippen LogP contribution in [0, 0.1) is 0 Å². The smallest absolute Gasteiger partial charge is 0.345 e. The fourth-order valence-electron chi connectivity index (χ4n) is 1.28. The van der Waals surface area contributed by atoms with Crippen molar-refractivity contribution in [3.63, 3.8) is 0 Å². The number of esters is 1. The minimum atomic E-state index is -1.38. The first-order valence-electron chi connectivity index (χ1n) is 5.00. The summed E-state index contributed by atoms with van der Waals surface area (Å²) in [5.74, 6) is -2.83.